The molecule has 2 aliphatic heterocycles. The summed E-state index contributed by atoms with van der Waals surface area (Å²) >= 11 is 0. The summed E-state index contributed by atoms with van der Waals surface area (Å²) in [7, 11) is 1.62. The van der Waals surface area contributed by atoms with Crippen molar-refractivity contribution in [1.29, 1.82) is 0 Å². The maximum absolute atomic E-state index is 12.7. The Labute approximate surface area is 200 Å². The molecule has 0 saturated carbocycles. The van der Waals surface area contributed by atoms with Gasteiger partial charge in [-0.2, -0.15) is 0 Å². The molecule has 0 bridgehead atoms. The number of aliphatic hydroxyl groups is 1. The van der Waals surface area contributed by atoms with Gasteiger partial charge in [0.2, 0.25) is 5.91 Å². The van der Waals surface area contributed by atoms with E-state index >= 15 is 0 Å². The van der Waals surface area contributed by atoms with Crippen molar-refractivity contribution in [1.82, 2.24) is 10.2 Å². The van der Waals surface area contributed by atoms with Gasteiger partial charge in [-0.25, -0.2) is 0 Å². The number of likely N-dealkylation sites (tertiary alicyclic amines) is 1. The lowest BCUT2D eigenvalue weighted by atomic mass is 10.0. The number of hydrogen-bond donors (Lipinski definition) is 2. The Morgan fingerprint density at radius 1 is 1.06 bits per heavy atom. The third kappa shape index (κ3) is 6.55. The highest BCUT2D eigenvalue weighted by atomic mass is 16.6. The second-order valence-corrected chi connectivity index (χ2v) is 8.66. The van der Waals surface area contributed by atoms with Crippen LogP contribution < -0.4 is 24.3 Å². The number of fused-ring (bicyclic) bond motifs is 1. The van der Waals surface area contributed by atoms with Crippen molar-refractivity contribution < 1.29 is 28.8 Å². The van der Waals surface area contributed by atoms with Crippen LogP contribution in [0.3, 0.4) is 0 Å². The van der Waals surface area contributed by atoms with Gasteiger partial charge in [-0.05, 0) is 74.3 Å². The number of hydrogen-bond acceptors (Lipinski definition) is 7. The second-order valence-electron chi connectivity index (χ2n) is 8.66. The van der Waals surface area contributed by atoms with Gasteiger partial charge in [0, 0.05) is 13.0 Å². The van der Waals surface area contributed by atoms with Crippen LogP contribution in [0.2, 0.25) is 0 Å². The first kappa shape index (κ1) is 24.2. The van der Waals surface area contributed by atoms with Crippen LogP contribution in [-0.4, -0.2) is 68.5 Å². The lowest BCUT2D eigenvalue weighted by Crippen LogP contribution is -2.46. The summed E-state index contributed by atoms with van der Waals surface area (Å²) in [6, 6.07) is 12.4. The van der Waals surface area contributed by atoms with Crippen molar-refractivity contribution in [2.45, 2.75) is 37.8 Å². The van der Waals surface area contributed by atoms with Crippen molar-refractivity contribution in [3.05, 3.63) is 48.0 Å². The summed E-state index contributed by atoms with van der Waals surface area (Å²) in [4.78, 5) is 15.0. The van der Waals surface area contributed by atoms with Gasteiger partial charge in [0.25, 0.3) is 0 Å². The summed E-state index contributed by atoms with van der Waals surface area (Å²) in [5.74, 6) is 2.72. The SMILES string of the molecule is COc1ccc(OCCCC(=O)N[C@H](CN2CCCC2)[C@H](O)c2ccc3c(c2)OCCO3)cc1. The minimum Gasteiger partial charge on any atom is -0.497 e. The van der Waals surface area contributed by atoms with E-state index in [9.17, 15) is 9.90 Å². The molecular formula is C26H34N2O6. The van der Waals surface area contributed by atoms with Gasteiger partial charge in [0.1, 0.15) is 30.8 Å². The number of ether oxygens (including phenoxy) is 4. The van der Waals surface area contributed by atoms with Gasteiger partial charge in [0.15, 0.2) is 11.5 Å². The third-order valence-corrected chi connectivity index (χ3v) is 6.17. The fourth-order valence-electron chi connectivity index (χ4n) is 4.32. The number of nitrogens with zero attached hydrogens (tertiary/aromatic N) is 1. The predicted octanol–water partition coefficient (Wildman–Crippen LogP) is 2.94. The standard InChI is InChI=1S/C26H34N2O6/c1-31-20-7-9-21(10-8-20)32-14-4-5-25(29)27-22(18-28-12-2-3-13-28)26(30)19-6-11-23-24(17-19)34-16-15-33-23/h6-11,17,22,26,30H,2-5,12-16,18H2,1H3,(H,27,29)/t22-,26-/m1/s1. The summed E-state index contributed by atoms with van der Waals surface area (Å²) in [5.41, 5.74) is 0.705. The number of methoxy groups -OCH3 is 1. The number of rotatable bonds is 11. The Bertz CT molecular complexity index is 929. The molecule has 4 rings (SSSR count). The van der Waals surface area contributed by atoms with E-state index in [1.54, 1.807) is 7.11 Å². The van der Waals surface area contributed by atoms with Crippen LogP contribution in [0.4, 0.5) is 0 Å². The first-order valence-electron chi connectivity index (χ1n) is 12.0. The Morgan fingerprint density at radius 3 is 2.50 bits per heavy atom. The zero-order valence-corrected chi connectivity index (χ0v) is 19.7. The number of benzene rings is 2. The van der Waals surface area contributed by atoms with Crippen molar-refractivity contribution in [3.63, 3.8) is 0 Å². The van der Waals surface area contributed by atoms with Gasteiger partial charge in [-0.15, -0.1) is 0 Å². The summed E-state index contributed by atoms with van der Waals surface area (Å²) in [6.45, 7) is 4.00. The van der Waals surface area contributed by atoms with Gasteiger partial charge < -0.3 is 34.3 Å². The largest absolute Gasteiger partial charge is 0.497 e. The molecule has 2 aromatic rings. The third-order valence-electron chi connectivity index (χ3n) is 6.17. The summed E-state index contributed by atoms with van der Waals surface area (Å²) in [5, 5.41) is 14.2. The van der Waals surface area contributed by atoms with Crippen molar-refractivity contribution in [2.24, 2.45) is 0 Å². The molecule has 184 valence electrons. The monoisotopic (exact) mass is 470 g/mol. The minimum absolute atomic E-state index is 0.0980. The average molecular weight is 471 g/mol. The zero-order chi connectivity index (χ0) is 23.8. The highest BCUT2D eigenvalue weighted by Gasteiger charge is 2.27. The summed E-state index contributed by atoms with van der Waals surface area (Å²) in [6.07, 6.45) is 2.33. The first-order chi connectivity index (χ1) is 16.6. The van der Waals surface area contributed by atoms with Gasteiger partial charge in [-0.3, -0.25) is 4.79 Å². The van der Waals surface area contributed by atoms with E-state index in [1.165, 1.54) is 0 Å². The second kappa shape index (κ2) is 11.9. The smallest absolute Gasteiger partial charge is 0.220 e. The van der Waals surface area contributed by atoms with Crippen molar-refractivity contribution >= 4 is 5.91 Å². The molecule has 0 unspecified atom stereocenters. The topological polar surface area (TPSA) is 89.5 Å². The van der Waals surface area contributed by atoms with E-state index in [0.717, 1.165) is 37.4 Å². The number of carbonyl (C=O) groups is 1. The number of aliphatic hydroxyl groups excluding tert-OH is 1. The molecule has 8 nitrogen and oxygen atoms in total. The molecule has 2 heterocycles. The minimum atomic E-state index is -0.851. The lowest BCUT2D eigenvalue weighted by molar-refractivity contribution is -0.123. The summed E-state index contributed by atoms with van der Waals surface area (Å²) < 4.78 is 22.1. The van der Waals surface area contributed by atoms with E-state index in [4.69, 9.17) is 18.9 Å². The molecule has 0 radical (unpaired) electrons. The van der Waals surface area contributed by atoms with Gasteiger partial charge in [0.05, 0.1) is 19.8 Å². The molecule has 1 amide bonds. The maximum Gasteiger partial charge on any atom is 0.220 e. The van der Waals surface area contributed by atoms with Crippen LogP contribution in [0.1, 0.15) is 37.4 Å². The Kier molecular flexibility index (Phi) is 8.49. The van der Waals surface area contributed by atoms with E-state index in [1.807, 2.05) is 42.5 Å². The van der Waals surface area contributed by atoms with Crippen molar-refractivity contribution in [2.75, 3.05) is 46.6 Å². The maximum atomic E-state index is 12.7. The predicted molar refractivity (Wildman–Crippen MR) is 128 cm³/mol. The van der Waals surface area contributed by atoms with Crippen LogP contribution in [0.5, 0.6) is 23.0 Å². The van der Waals surface area contributed by atoms with Crippen LogP contribution in [0.25, 0.3) is 0 Å². The molecule has 1 saturated heterocycles. The quantitative estimate of drug-likeness (QED) is 0.488. The molecule has 1 fully saturated rings. The molecule has 34 heavy (non-hydrogen) atoms. The Morgan fingerprint density at radius 2 is 1.76 bits per heavy atom. The number of nitrogens with one attached hydrogen (secondary N) is 1. The normalized spacial score (nSPS) is 17.1. The van der Waals surface area contributed by atoms with Gasteiger partial charge >= 0.3 is 0 Å². The zero-order valence-electron chi connectivity index (χ0n) is 19.7. The fourth-order valence-corrected chi connectivity index (χ4v) is 4.32. The molecule has 2 aromatic carbocycles. The molecule has 2 N–H and O–H groups in total. The molecule has 8 heteroatoms. The molecule has 2 atom stereocenters. The van der Waals surface area contributed by atoms with E-state index < -0.39 is 12.1 Å². The first-order valence-corrected chi connectivity index (χ1v) is 12.0. The van der Waals surface area contributed by atoms with Crippen LogP contribution in [-0.2, 0) is 4.79 Å². The molecule has 0 aromatic heterocycles. The van der Waals surface area contributed by atoms with Gasteiger partial charge in [-0.1, -0.05) is 6.07 Å². The highest BCUT2D eigenvalue weighted by molar-refractivity contribution is 5.76. The Hall–Kier alpha value is -2.97. The van der Waals surface area contributed by atoms with Crippen molar-refractivity contribution in [3.8, 4) is 23.0 Å². The number of amides is 1. The number of carbonyl (C=O) groups excluding carboxylic acids is 1. The molecule has 0 aliphatic carbocycles. The van der Waals surface area contributed by atoms with E-state index in [0.29, 0.717) is 56.3 Å². The lowest BCUT2D eigenvalue weighted by Gasteiger charge is -2.29. The average Bonchev–Trinajstić information content (AvgIpc) is 3.39. The molecular weight excluding hydrogens is 436 g/mol. The van der Waals surface area contributed by atoms with Crippen LogP contribution in [0.15, 0.2) is 42.5 Å². The van der Waals surface area contributed by atoms with E-state index in [-0.39, 0.29) is 5.91 Å². The Balaban J connectivity index is 1.32. The highest BCUT2D eigenvalue weighted by Crippen LogP contribution is 2.33. The molecule has 0 spiro atoms. The van der Waals surface area contributed by atoms with Crippen LogP contribution in [0, 0.1) is 0 Å². The molecule has 2 aliphatic rings. The van der Waals surface area contributed by atoms with E-state index in [2.05, 4.69) is 10.2 Å². The van der Waals surface area contributed by atoms with Crippen LogP contribution >= 0.6 is 0 Å². The fraction of sp³-hybridized carbons (Fsp3) is 0.500.